The highest BCUT2D eigenvalue weighted by Gasteiger charge is 2.12. The molecule has 17 heavy (non-hydrogen) atoms. The van der Waals surface area contributed by atoms with Crippen molar-refractivity contribution in [2.45, 2.75) is 18.9 Å². The van der Waals surface area contributed by atoms with Gasteiger partial charge in [-0.1, -0.05) is 30.3 Å². The minimum Gasteiger partial charge on any atom is -0.331 e. The number of rotatable bonds is 4. The first-order valence-corrected chi connectivity index (χ1v) is 5.55. The summed E-state index contributed by atoms with van der Waals surface area (Å²) in [6.45, 7) is 0. The lowest BCUT2D eigenvalue weighted by molar-refractivity contribution is 0.215. The van der Waals surface area contributed by atoms with Crippen molar-refractivity contribution in [1.29, 1.82) is 5.26 Å². The van der Waals surface area contributed by atoms with Gasteiger partial charge in [0.25, 0.3) is 0 Å². The molecule has 1 atom stereocenters. The van der Waals surface area contributed by atoms with E-state index in [4.69, 9.17) is 5.26 Å². The number of hydrogen-bond donors (Lipinski definition) is 1. The fourth-order valence-electron chi connectivity index (χ4n) is 1.40. The van der Waals surface area contributed by atoms with Crippen LogP contribution in [0.4, 0.5) is 4.79 Å². The minimum atomic E-state index is -0.440. The lowest BCUT2D eigenvalue weighted by Crippen LogP contribution is -2.40. The maximum atomic E-state index is 11.4. The molecule has 1 aromatic rings. The van der Waals surface area contributed by atoms with Gasteiger partial charge < -0.3 is 10.2 Å². The van der Waals surface area contributed by atoms with Crippen molar-refractivity contribution in [3.63, 3.8) is 0 Å². The van der Waals surface area contributed by atoms with Gasteiger partial charge in [0.1, 0.15) is 6.04 Å². The molecule has 2 amide bonds. The van der Waals surface area contributed by atoms with E-state index in [2.05, 4.69) is 11.4 Å². The third kappa shape index (κ3) is 4.56. The molecule has 0 aromatic heterocycles. The number of aryl methyl sites for hydroxylation is 1. The lowest BCUT2D eigenvalue weighted by Gasteiger charge is -2.15. The number of carbonyl (C=O) groups is 1. The number of hydrogen-bond acceptors (Lipinski definition) is 2. The predicted molar refractivity (Wildman–Crippen MR) is 66.4 cm³/mol. The fourth-order valence-corrected chi connectivity index (χ4v) is 1.40. The Kier molecular flexibility index (Phi) is 5.02. The Hall–Kier alpha value is -2.02. The standard InChI is InChI=1S/C13H17N3O/c1-16(2)13(17)15-12(10-14)9-8-11-6-4-3-5-7-11/h3-7,12H,8-9H2,1-2H3,(H,15,17)/t12-/m0/s1. The van der Waals surface area contributed by atoms with Gasteiger partial charge >= 0.3 is 6.03 Å². The van der Waals surface area contributed by atoms with E-state index in [9.17, 15) is 4.79 Å². The number of benzene rings is 1. The maximum absolute atomic E-state index is 11.4. The van der Waals surface area contributed by atoms with Crippen molar-refractivity contribution in [3.05, 3.63) is 35.9 Å². The molecular weight excluding hydrogens is 214 g/mol. The van der Waals surface area contributed by atoms with Crippen LogP contribution in [-0.4, -0.2) is 31.1 Å². The summed E-state index contributed by atoms with van der Waals surface area (Å²) in [5.41, 5.74) is 1.17. The molecule has 0 unspecified atom stereocenters. The van der Waals surface area contributed by atoms with E-state index in [1.54, 1.807) is 14.1 Å². The number of amides is 2. The Morgan fingerprint density at radius 3 is 2.59 bits per heavy atom. The zero-order valence-corrected chi connectivity index (χ0v) is 10.2. The third-order valence-corrected chi connectivity index (χ3v) is 2.42. The quantitative estimate of drug-likeness (QED) is 0.858. The Bertz CT molecular complexity index is 395. The monoisotopic (exact) mass is 231 g/mol. The Balaban J connectivity index is 2.44. The first-order chi connectivity index (χ1) is 8.13. The summed E-state index contributed by atoms with van der Waals surface area (Å²) in [5.74, 6) is 0. The fraction of sp³-hybridized carbons (Fsp3) is 0.385. The van der Waals surface area contributed by atoms with Gasteiger partial charge in [-0.25, -0.2) is 4.79 Å². The van der Waals surface area contributed by atoms with Gasteiger partial charge in [0, 0.05) is 14.1 Å². The maximum Gasteiger partial charge on any atom is 0.317 e. The van der Waals surface area contributed by atoms with Crippen molar-refractivity contribution in [2.24, 2.45) is 0 Å². The summed E-state index contributed by atoms with van der Waals surface area (Å²) in [5, 5.41) is 11.6. The summed E-state index contributed by atoms with van der Waals surface area (Å²) in [7, 11) is 3.31. The van der Waals surface area contributed by atoms with E-state index < -0.39 is 6.04 Å². The molecule has 4 nitrogen and oxygen atoms in total. The van der Waals surface area contributed by atoms with Gasteiger partial charge in [0.2, 0.25) is 0 Å². The summed E-state index contributed by atoms with van der Waals surface area (Å²) >= 11 is 0. The van der Waals surface area contributed by atoms with Gasteiger partial charge in [0.05, 0.1) is 6.07 Å². The normalized spacial score (nSPS) is 11.4. The van der Waals surface area contributed by atoms with Crippen molar-refractivity contribution in [2.75, 3.05) is 14.1 Å². The summed E-state index contributed by atoms with van der Waals surface area (Å²) in [4.78, 5) is 12.8. The van der Waals surface area contributed by atoms with Crippen LogP contribution in [0, 0.1) is 11.3 Å². The van der Waals surface area contributed by atoms with Crippen LogP contribution in [0.1, 0.15) is 12.0 Å². The zero-order valence-electron chi connectivity index (χ0n) is 10.2. The van der Waals surface area contributed by atoms with Gasteiger partial charge in [-0.15, -0.1) is 0 Å². The average molecular weight is 231 g/mol. The second-order valence-electron chi connectivity index (χ2n) is 4.05. The molecule has 0 saturated carbocycles. The molecule has 4 heteroatoms. The molecule has 0 saturated heterocycles. The van der Waals surface area contributed by atoms with E-state index in [0.717, 1.165) is 6.42 Å². The number of nitrogens with zero attached hydrogens (tertiary/aromatic N) is 2. The van der Waals surface area contributed by atoms with E-state index >= 15 is 0 Å². The Morgan fingerprint density at radius 1 is 1.41 bits per heavy atom. The summed E-state index contributed by atoms with van der Waals surface area (Å²) in [6, 6.07) is 11.4. The average Bonchev–Trinajstić information content (AvgIpc) is 2.35. The molecule has 1 N–H and O–H groups in total. The van der Waals surface area contributed by atoms with Crippen LogP contribution in [0.15, 0.2) is 30.3 Å². The van der Waals surface area contributed by atoms with Crippen LogP contribution in [-0.2, 0) is 6.42 Å². The molecule has 0 heterocycles. The molecule has 0 fully saturated rings. The molecule has 0 aliphatic heterocycles. The zero-order chi connectivity index (χ0) is 12.7. The predicted octanol–water partition coefficient (Wildman–Crippen LogP) is 1.78. The number of carbonyl (C=O) groups excluding carboxylic acids is 1. The first kappa shape index (κ1) is 13.0. The second-order valence-corrected chi connectivity index (χ2v) is 4.05. The molecule has 1 rings (SSSR count). The van der Waals surface area contributed by atoms with Crippen molar-refractivity contribution in [1.82, 2.24) is 10.2 Å². The highest BCUT2D eigenvalue weighted by molar-refractivity contribution is 5.74. The largest absolute Gasteiger partial charge is 0.331 e. The minimum absolute atomic E-state index is 0.232. The van der Waals surface area contributed by atoms with Gasteiger partial charge in [-0.2, -0.15) is 5.26 Å². The highest BCUT2D eigenvalue weighted by Crippen LogP contribution is 2.04. The van der Waals surface area contributed by atoms with E-state index in [0.29, 0.717) is 6.42 Å². The van der Waals surface area contributed by atoms with Gasteiger partial charge in [0.15, 0.2) is 0 Å². The molecule has 90 valence electrons. The highest BCUT2D eigenvalue weighted by atomic mass is 16.2. The number of urea groups is 1. The van der Waals surface area contributed by atoms with Crippen LogP contribution in [0.2, 0.25) is 0 Å². The third-order valence-electron chi connectivity index (χ3n) is 2.42. The SMILES string of the molecule is CN(C)C(=O)N[C@H](C#N)CCc1ccccc1. The van der Waals surface area contributed by atoms with Crippen LogP contribution in [0.3, 0.4) is 0 Å². The second kappa shape index (κ2) is 6.54. The van der Waals surface area contributed by atoms with Crippen molar-refractivity contribution >= 4 is 6.03 Å². The molecule has 1 aromatic carbocycles. The van der Waals surface area contributed by atoms with E-state index in [1.165, 1.54) is 10.5 Å². The van der Waals surface area contributed by atoms with Gasteiger partial charge in [-0.05, 0) is 18.4 Å². The Labute approximate surface area is 102 Å². The van der Waals surface area contributed by atoms with Crippen molar-refractivity contribution in [3.8, 4) is 6.07 Å². The smallest absolute Gasteiger partial charge is 0.317 e. The molecular formula is C13H17N3O. The molecule has 0 radical (unpaired) electrons. The van der Waals surface area contributed by atoms with Crippen molar-refractivity contribution < 1.29 is 4.79 Å². The van der Waals surface area contributed by atoms with Gasteiger partial charge in [-0.3, -0.25) is 0 Å². The number of nitriles is 1. The Morgan fingerprint density at radius 2 is 2.06 bits per heavy atom. The lowest BCUT2D eigenvalue weighted by atomic mass is 10.1. The van der Waals surface area contributed by atoms with Crippen LogP contribution < -0.4 is 5.32 Å². The van der Waals surface area contributed by atoms with Crippen LogP contribution >= 0.6 is 0 Å². The van der Waals surface area contributed by atoms with E-state index in [1.807, 2.05) is 30.3 Å². The van der Waals surface area contributed by atoms with E-state index in [-0.39, 0.29) is 6.03 Å². The first-order valence-electron chi connectivity index (χ1n) is 5.55. The van der Waals surface area contributed by atoms with Crippen LogP contribution in [0.25, 0.3) is 0 Å². The molecule has 0 aliphatic carbocycles. The topological polar surface area (TPSA) is 56.1 Å². The molecule has 0 spiro atoms. The molecule has 0 aliphatic rings. The summed E-state index contributed by atoms with van der Waals surface area (Å²) in [6.07, 6.45) is 1.41. The molecule has 0 bridgehead atoms. The summed E-state index contributed by atoms with van der Waals surface area (Å²) < 4.78 is 0. The van der Waals surface area contributed by atoms with Crippen LogP contribution in [0.5, 0.6) is 0 Å². The number of nitrogens with one attached hydrogen (secondary N) is 1.